The first-order chi connectivity index (χ1) is 15.4. The number of ether oxygens (including phenoxy) is 1. The minimum absolute atomic E-state index is 0.311. The highest BCUT2D eigenvalue weighted by Gasteiger charge is 2.19. The molecule has 0 bridgehead atoms. The van der Waals surface area contributed by atoms with Crippen molar-refractivity contribution in [3.05, 3.63) is 88.0 Å². The smallest absolute Gasteiger partial charge is 0.354 e. The average molecular weight is 467 g/mol. The van der Waals surface area contributed by atoms with Crippen molar-refractivity contribution >= 4 is 45.8 Å². The molecule has 1 heterocycles. The largest absolute Gasteiger partial charge is 0.461 e. The van der Waals surface area contributed by atoms with Gasteiger partial charge in [-0.2, -0.15) is 0 Å². The van der Waals surface area contributed by atoms with E-state index in [1.54, 1.807) is 6.07 Å². The number of aromatic nitrogens is 1. The maximum atomic E-state index is 12.8. The van der Waals surface area contributed by atoms with Crippen LogP contribution in [0.2, 0.25) is 10.0 Å². The predicted octanol–water partition coefficient (Wildman–Crippen LogP) is 6.91. The normalized spacial score (nSPS) is 11.0. The molecule has 0 N–H and O–H groups in total. The second-order valence-corrected chi connectivity index (χ2v) is 8.58. The van der Waals surface area contributed by atoms with Gasteiger partial charge in [-0.3, -0.25) is 0 Å². The number of halogens is 2. The molecule has 4 rings (SSSR count). The molecule has 0 saturated carbocycles. The Labute approximate surface area is 197 Å². The van der Waals surface area contributed by atoms with E-state index in [0.29, 0.717) is 28.9 Å². The lowest BCUT2D eigenvalue weighted by Crippen LogP contribution is -2.12. The van der Waals surface area contributed by atoms with E-state index >= 15 is 0 Å². The summed E-state index contributed by atoms with van der Waals surface area (Å²) in [6.45, 7) is 2.59. The van der Waals surface area contributed by atoms with Gasteiger partial charge >= 0.3 is 5.97 Å². The summed E-state index contributed by atoms with van der Waals surface area (Å²) in [6.07, 6.45) is 0. The summed E-state index contributed by atoms with van der Waals surface area (Å²) in [6, 6.07) is 21.9. The molecule has 0 radical (unpaired) electrons. The molecule has 0 unspecified atom stereocenters. The molecule has 1 aromatic heterocycles. The summed E-state index contributed by atoms with van der Waals surface area (Å²) < 4.78 is 7.33. The van der Waals surface area contributed by atoms with Gasteiger partial charge in [-0.25, -0.2) is 4.79 Å². The van der Waals surface area contributed by atoms with Crippen LogP contribution >= 0.6 is 23.2 Å². The van der Waals surface area contributed by atoms with Crippen LogP contribution in [0.4, 0.5) is 5.69 Å². The highest BCUT2D eigenvalue weighted by atomic mass is 35.5. The van der Waals surface area contributed by atoms with Crippen molar-refractivity contribution in [2.24, 2.45) is 0 Å². The fraction of sp³-hybridized carbons (Fsp3) is 0.192. The maximum absolute atomic E-state index is 12.8. The van der Waals surface area contributed by atoms with E-state index in [9.17, 15) is 4.79 Å². The molecule has 0 atom stereocenters. The Hall–Kier alpha value is -2.95. The quantitative estimate of drug-likeness (QED) is 0.289. The van der Waals surface area contributed by atoms with Gasteiger partial charge in [-0.15, -0.1) is 0 Å². The molecule has 0 spiro atoms. The number of anilines is 1. The Morgan fingerprint density at radius 2 is 1.72 bits per heavy atom. The van der Waals surface area contributed by atoms with Gasteiger partial charge in [0.05, 0.1) is 16.7 Å². The van der Waals surface area contributed by atoms with E-state index < -0.39 is 0 Å². The summed E-state index contributed by atoms with van der Waals surface area (Å²) in [4.78, 5) is 14.9. The lowest BCUT2D eigenvalue weighted by Gasteiger charge is -2.13. The number of hydrogen-bond donors (Lipinski definition) is 0. The number of carbonyl (C=O) groups excluding carboxylic acids is 1. The van der Waals surface area contributed by atoms with Gasteiger partial charge in [0.1, 0.15) is 5.69 Å². The van der Waals surface area contributed by atoms with E-state index in [4.69, 9.17) is 27.9 Å². The molecule has 4 aromatic rings. The van der Waals surface area contributed by atoms with E-state index in [0.717, 1.165) is 33.3 Å². The summed E-state index contributed by atoms with van der Waals surface area (Å²) in [7, 11) is 4.04. The average Bonchev–Trinajstić information content (AvgIpc) is 3.15. The van der Waals surface area contributed by atoms with Crippen LogP contribution in [0.3, 0.4) is 0 Å². The predicted molar refractivity (Wildman–Crippen MR) is 133 cm³/mol. The Morgan fingerprint density at radius 1 is 0.969 bits per heavy atom. The third kappa shape index (κ3) is 4.34. The molecule has 0 aliphatic heterocycles. The molecule has 0 saturated heterocycles. The summed E-state index contributed by atoms with van der Waals surface area (Å²) >= 11 is 12.3. The highest BCUT2D eigenvalue weighted by Crippen LogP contribution is 2.33. The lowest BCUT2D eigenvalue weighted by molar-refractivity contribution is 0.0515. The standard InChI is InChI=1S/C26H24Cl2N2O2/c1-4-32-26(31)25-15-21-20(18-9-11-19(12-10-18)29(2)3)6-5-7-24(21)30(25)16-17-8-13-22(27)23(28)14-17/h5-15H,4,16H2,1-3H3. The zero-order valence-electron chi connectivity index (χ0n) is 18.2. The molecular weight excluding hydrogens is 443 g/mol. The van der Waals surface area contributed by atoms with Gasteiger partial charge in [0.2, 0.25) is 0 Å². The maximum Gasteiger partial charge on any atom is 0.354 e. The van der Waals surface area contributed by atoms with Gasteiger partial charge in [0, 0.05) is 37.2 Å². The zero-order valence-corrected chi connectivity index (χ0v) is 19.7. The van der Waals surface area contributed by atoms with Gasteiger partial charge in [-0.05, 0) is 60.0 Å². The highest BCUT2D eigenvalue weighted by molar-refractivity contribution is 6.42. The molecule has 3 aromatic carbocycles. The Kier molecular flexibility index (Phi) is 6.45. The Morgan fingerprint density at radius 3 is 2.38 bits per heavy atom. The van der Waals surface area contributed by atoms with Crippen molar-refractivity contribution in [2.75, 3.05) is 25.6 Å². The number of benzene rings is 3. The SMILES string of the molecule is CCOC(=O)c1cc2c(-c3ccc(N(C)C)cc3)cccc2n1Cc1ccc(Cl)c(Cl)c1. The monoisotopic (exact) mass is 466 g/mol. The fourth-order valence-corrected chi connectivity index (χ4v) is 4.16. The van der Waals surface area contributed by atoms with Crippen molar-refractivity contribution in [2.45, 2.75) is 13.5 Å². The van der Waals surface area contributed by atoms with Crippen LogP contribution in [-0.2, 0) is 11.3 Å². The number of fused-ring (bicyclic) bond motifs is 1. The zero-order chi connectivity index (χ0) is 22.8. The molecule has 32 heavy (non-hydrogen) atoms. The number of esters is 1. The van der Waals surface area contributed by atoms with Gasteiger partial charge in [-0.1, -0.05) is 53.5 Å². The molecule has 6 heteroatoms. The van der Waals surface area contributed by atoms with Crippen LogP contribution in [0.15, 0.2) is 66.7 Å². The first kappa shape index (κ1) is 22.3. The molecule has 4 nitrogen and oxygen atoms in total. The van der Waals surface area contributed by atoms with Gasteiger partial charge in [0.25, 0.3) is 0 Å². The van der Waals surface area contributed by atoms with Crippen LogP contribution < -0.4 is 4.90 Å². The van der Waals surface area contributed by atoms with Crippen LogP contribution in [0.25, 0.3) is 22.0 Å². The molecule has 0 aliphatic rings. The Bertz CT molecular complexity index is 1280. The minimum atomic E-state index is -0.349. The Balaban J connectivity index is 1.86. The fourth-order valence-electron chi connectivity index (χ4n) is 3.84. The second kappa shape index (κ2) is 9.27. The van der Waals surface area contributed by atoms with Crippen LogP contribution in [0, 0.1) is 0 Å². The van der Waals surface area contributed by atoms with Gasteiger partial charge in [0.15, 0.2) is 0 Å². The molecule has 164 valence electrons. The molecule has 0 fully saturated rings. The van der Waals surface area contributed by atoms with E-state index in [1.807, 2.05) is 55.9 Å². The lowest BCUT2D eigenvalue weighted by atomic mass is 10.0. The van der Waals surface area contributed by atoms with Crippen molar-refractivity contribution in [1.29, 1.82) is 0 Å². The minimum Gasteiger partial charge on any atom is -0.461 e. The third-order valence-electron chi connectivity index (χ3n) is 5.45. The van der Waals surface area contributed by atoms with Crippen molar-refractivity contribution in [3.63, 3.8) is 0 Å². The third-order valence-corrected chi connectivity index (χ3v) is 6.19. The number of carbonyl (C=O) groups is 1. The van der Waals surface area contributed by atoms with Crippen molar-refractivity contribution < 1.29 is 9.53 Å². The molecular formula is C26H24Cl2N2O2. The second-order valence-electron chi connectivity index (χ2n) is 7.76. The van der Waals surface area contributed by atoms with E-state index in [1.165, 1.54) is 0 Å². The van der Waals surface area contributed by atoms with E-state index in [-0.39, 0.29) is 5.97 Å². The van der Waals surface area contributed by atoms with Crippen molar-refractivity contribution in [1.82, 2.24) is 4.57 Å². The number of nitrogens with zero attached hydrogens (tertiary/aromatic N) is 2. The van der Waals surface area contributed by atoms with Gasteiger partial charge < -0.3 is 14.2 Å². The van der Waals surface area contributed by atoms with Crippen LogP contribution in [-0.4, -0.2) is 31.2 Å². The van der Waals surface area contributed by atoms with Crippen molar-refractivity contribution in [3.8, 4) is 11.1 Å². The first-order valence-corrected chi connectivity index (χ1v) is 11.2. The summed E-state index contributed by atoms with van der Waals surface area (Å²) in [5.74, 6) is -0.349. The number of hydrogen-bond acceptors (Lipinski definition) is 3. The summed E-state index contributed by atoms with van der Waals surface area (Å²) in [5.41, 5.74) is 5.68. The van der Waals surface area contributed by atoms with Crippen LogP contribution in [0.5, 0.6) is 0 Å². The van der Waals surface area contributed by atoms with E-state index in [2.05, 4.69) is 35.2 Å². The first-order valence-electron chi connectivity index (χ1n) is 10.4. The number of rotatable bonds is 6. The topological polar surface area (TPSA) is 34.5 Å². The molecule has 0 amide bonds. The summed E-state index contributed by atoms with van der Waals surface area (Å²) in [5, 5.41) is 1.98. The molecule has 0 aliphatic carbocycles. The van der Waals surface area contributed by atoms with Crippen LogP contribution in [0.1, 0.15) is 23.0 Å².